The molecule has 0 radical (unpaired) electrons. The Labute approximate surface area is 102 Å². The number of benzene rings is 1. The van der Waals surface area contributed by atoms with Crippen molar-refractivity contribution in [3.63, 3.8) is 0 Å². The SMILES string of the molecule is C/C=C/c1ccc(OC(=O)C(C)C)c(OC)c1. The molecule has 1 aromatic rings. The fraction of sp³-hybridized carbons (Fsp3) is 0.357. The van der Waals surface area contributed by atoms with Crippen LogP contribution in [0, 0.1) is 5.92 Å². The second kappa shape index (κ2) is 6.09. The Balaban J connectivity index is 2.96. The minimum Gasteiger partial charge on any atom is -0.493 e. The van der Waals surface area contributed by atoms with Gasteiger partial charge in [-0.2, -0.15) is 0 Å². The zero-order valence-electron chi connectivity index (χ0n) is 10.7. The summed E-state index contributed by atoms with van der Waals surface area (Å²) in [5.74, 6) is 0.603. The normalized spacial score (nSPS) is 10.9. The first-order valence-corrected chi connectivity index (χ1v) is 5.61. The van der Waals surface area contributed by atoms with E-state index in [1.54, 1.807) is 27.0 Å². The maximum Gasteiger partial charge on any atom is 0.313 e. The third-order valence-electron chi connectivity index (χ3n) is 2.23. The zero-order chi connectivity index (χ0) is 12.8. The summed E-state index contributed by atoms with van der Waals surface area (Å²) in [6, 6.07) is 5.46. The van der Waals surface area contributed by atoms with Crippen LogP contribution in [0.25, 0.3) is 6.08 Å². The van der Waals surface area contributed by atoms with Gasteiger partial charge in [-0.15, -0.1) is 0 Å². The van der Waals surface area contributed by atoms with Gasteiger partial charge in [-0.25, -0.2) is 0 Å². The predicted molar refractivity (Wildman–Crippen MR) is 68.2 cm³/mol. The molecule has 0 unspecified atom stereocenters. The van der Waals surface area contributed by atoms with Crippen molar-refractivity contribution < 1.29 is 14.3 Å². The van der Waals surface area contributed by atoms with E-state index in [1.165, 1.54) is 0 Å². The lowest BCUT2D eigenvalue weighted by atomic mass is 10.2. The molecule has 1 aromatic carbocycles. The summed E-state index contributed by atoms with van der Waals surface area (Å²) in [7, 11) is 1.56. The monoisotopic (exact) mass is 234 g/mol. The van der Waals surface area contributed by atoms with Gasteiger partial charge < -0.3 is 9.47 Å². The van der Waals surface area contributed by atoms with Gasteiger partial charge in [0, 0.05) is 0 Å². The molecule has 0 bridgehead atoms. The highest BCUT2D eigenvalue weighted by Gasteiger charge is 2.13. The number of carbonyl (C=O) groups excluding carboxylic acids is 1. The minimum absolute atomic E-state index is 0.157. The number of allylic oxidation sites excluding steroid dienone is 1. The Bertz CT molecular complexity index is 419. The molecule has 0 aromatic heterocycles. The molecule has 0 amide bonds. The molecule has 92 valence electrons. The smallest absolute Gasteiger partial charge is 0.313 e. The highest BCUT2D eigenvalue weighted by atomic mass is 16.6. The topological polar surface area (TPSA) is 35.5 Å². The summed E-state index contributed by atoms with van der Waals surface area (Å²) in [4.78, 5) is 11.5. The molecule has 3 nitrogen and oxygen atoms in total. The fourth-order valence-corrected chi connectivity index (χ4v) is 1.29. The summed E-state index contributed by atoms with van der Waals surface area (Å²) < 4.78 is 10.4. The van der Waals surface area contributed by atoms with Crippen molar-refractivity contribution >= 4 is 12.0 Å². The largest absolute Gasteiger partial charge is 0.493 e. The van der Waals surface area contributed by atoms with Crippen LogP contribution in [-0.2, 0) is 4.79 Å². The van der Waals surface area contributed by atoms with Gasteiger partial charge in [-0.05, 0) is 24.6 Å². The van der Waals surface area contributed by atoms with E-state index < -0.39 is 0 Å². The van der Waals surface area contributed by atoms with Gasteiger partial charge in [-0.1, -0.05) is 32.1 Å². The van der Waals surface area contributed by atoms with Crippen molar-refractivity contribution in [2.24, 2.45) is 5.92 Å². The van der Waals surface area contributed by atoms with Crippen molar-refractivity contribution in [3.05, 3.63) is 29.8 Å². The van der Waals surface area contributed by atoms with E-state index in [1.807, 2.05) is 31.2 Å². The molecule has 0 saturated carbocycles. The third-order valence-corrected chi connectivity index (χ3v) is 2.23. The van der Waals surface area contributed by atoms with E-state index in [9.17, 15) is 4.79 Å². The number of hydrogen-bond donors (Lipinski definition) is 0. The Morgan fingerprint density at radius 2 is 2.00 bits per heavy atom. The van der Waals surface area contributed by atoms with Crippen LogP contribution < -0.4 is 9.47 Å². The van der Waals surface area contributed by atoms with Gasteiger partial charge in [0.1, 0.15) is 0 Å². The molecule has 0 saturated heterocycles. The quantitative estimate of drug-likeness (QED) is 0.592. The molecular formula is C14H18O3. The number of esters is 1. The lowest BCUT2D eigenvalue weighted by Crippen LogP contribution is -2.15. The summed E-state index contributed by atoms with van der Waals surface area (Å²) in [5.41, 5.74) is 1.01. The maximum absolute atomic E-state index is 11.5. The number of rotatable bonds is 4. The van der Waals surface area contributed by atoms with Crippen LogP contribution in [0.4, 0.5) is 0 Å². The van der Waals surface area contributed by atoms with Gasteiger partial charge in [0.05, 0.1) is 13.0 Å². The van der Waals surface area contributed by atoms with Crippen molar-refractivity contribution in [3.8, 4) is 11.5 Å². The van der Waals surface area contributed by atoms with Gasteiger partial charge in [0.15, 0.2) is 11.5 Å². The van der Waals surface area contributed by atoms with Crippen LogP contribution in [0.15, 0.2) is 24.3 Å². The number of ether oxygens (including phenoxy) is 2. The van der Waals surface area contributed by atoms with Crippen molar-refractivity contribution in [2.45, 2.75) is 20.8 Å². The lowest BCUT2D eigenvalue weighted by Gasteiger charge is -2.11. The van der Waals surface area contributed by atoms with E-state index in [-0.39, 0.29) is 11.9 Å². The molecule has 0 aliphatic carbocycles. The molecule has 1 rings (SSSR count). The van der Waals surface area contributed by atoms with Gasteiger partial charge in [-0.3, -0.25) is 4.79 Å². The summed E-state index contributed by atoms with van der Waals surface area (Å²) in [6.07, 6.45) is 3.89. The van der Waals surface area contributed by atoms with E-state index >= 15 is 0 Å². The zero-order valence-corrected chi connectivity index (χ0v) is 10.7. The molecular weight excluding hydrogens is 216 g/mol. The van der Waals surface area contributed by atoms with Crippen LogP contribution in [0.5, 0.6) is 11.5 Å². The first kappa shape index (κ1) is 13.3. The summed E-state index contributed by atoms with van der Waals surface area (Å²) >= 11 is 0. The summed E-state index contributed by atoms with van der Waals surface area (Å²) in [5, 5.41) is 0. The number of hydrogen-bond acceptors (Lipinski definition) is 3. The lowest BCUT2D eigenvalue weighted by molar-refractivity contribution is -0.137. The predicted octanol–water partition coefficient (Wildman–Crippen LogP) is 3.29. The second-order valence-electron chi connectivity index (χ2n) is 3.99. The van der Waals surface area contributed by atoms with Crippen molar-refractivity contribution in [1.82, 2.24) is 0 Å². The van der Waals surface area contributed by atoms with Gasteiger partial charge in [0.2, 0.25) is 0 Å². The minimum atomic E-state index is -0.262. The van der Waals surface area contributed by atoms with Crippen molar-refractivity contribution in [2.75, 3.05) is 7.11 Å². The van der Waals surface area contributed by atoms with Gasteiger partial charge >= 0.3 is 5.97 Å². The van der Waals surface area contributed by atoms with E-state index in [0.717, 1.165) is 5.56 Å². The van der Waals surface area contributed by atoms with Crippen LogP contribution in [0.2, 0.25) is 0 Å². The van der Waals surface area contributed by atoms with Crippen molar-refractivity contribution in [1.29, 1.82) is 0 Å². The highest BCUT2D eigenvalue weighted by Crippen LogP contribution is 2.29. The summed E-state index contributed by atoms with van der Waals surface area (Å²) in [6.45, 7) is 5.53. The Morgan fingerprint density at radius 1 is 1.29 bits per heavy atom. The molecule has 0 atom stereocenters. The molecule has 0 N–H and O–H groups in total. The number of methoxy groups -OCH3 is 1. The fourth-order valence-electron chi connectivity index (χ4n) is 1.29. The molecule has 0 aliphatic heterocycles. The van der Waals surface area contributed by atoms with E-state index in [2.05, 4.69) is 0 Å². The molecule has 0 aliphatic rings. The Hall–Kier alpha value is -1.77. The Morgan fingerprint density at radius 3 is 2.53 bits per heavy atom. The average Bonchev–Trinajstić information content (AvgIpc) is 2.31. The Kier molecular flexibility index (Phi) is 4.76. The van der Waals surface area contributed by atoms with Crippen LogP contribution in [0.3, 0.4) is 0 Å². The first-order valence-electron chi connectivity index (χ1n) is 5.61. The second-order valence-corrected chi connectivity index (χ2v) is 3.99. The maximum atomic E-state index is 11.5. The molecule has 3 heteroatoms. The first-order chi connectivity index (χ1) is 8.08. The molecule has 0 fully saturated rings. The van der Waals surface area contributed by atoms with Crippen LogP contribution >= 0.6 is 0 Å². The van der Waals surface area contributed by atoms with Crippen LogP contribution in [-0.4, -0.2) is 13.1 Å². The molecule has 0 heterocycles. The van der Waals surface area contributed by atoms with Gasteiger partial charge in [0.25, 0.3) is 0 Å². The standard InChI is InChI=1S/C14H18O3/c1-5-6-11-7-8-12(13(9-11)16-4)17-14(15)10(2)3/h5-10H,1-4H3/b6-5+. The highest BCUT2D eigenvalue weighted by molar-refractivity contribution is 5.75. The van der Waals surface area contributed by atoms with E-state index in [0.29, 0.717) is 11.5 Å². The average molecular weight is 234 g/mol. The molecule has 0 spiro atoms. The number of carbonyl (C=O) groups is 1. The van der Waals surface area contributed by atoms with Crippen LogP contribution in [0.1, 0.15) is 26.3 Å². The molecule has 17 heavy (non-hydrogen) atoms. The third kappa shape index (κ3) is 3.63. The van der Waals surface area contributed by atoms with E-state index in [4.69, 9.17) is 9.47 Å².